The highest BCUT2D eigenvalue weighted by molar-refractivity contribution is 5.87. The number of nitrogens with one attached hydrogen (secondary N) is 1. The van der Waals surface area contributed by atoms with E-state index in [1.165, 1.54) is 37.7 Å². The van der Waals surface area contributed by atoms with Gasteiger partial charge in [-0.05, 0) is 43.5 Å². The molecule has 0 aromatic heterocycles. The Kier molecular flexibility index (Phi) is 4.76. The molecule has 1 aliphatic rings. The lowest BCUT2D eigenvalue weighted by atomic mass is 9.95. The molecule has 0 aliphatic heterocycles. The maximum atomic E-state index is 10.7. The van der Waals surface area contributed by atoms with Crippen LogP contribution in [0, 0.1) is 0 Å². The second kappa shape index (κ2) is 6.55. The van der Waals surface area contributed by atoms with Gasteiger partial charge in [0.1, 0.15) is 0 Å². The van der Waals surface area contributed by atoms with Gasteiger partial charge < -0.3 is 10.4 Å². The molecule has 3 heteroatoms. The first-order chi connectivity index (χ1) is 8.75. The molecular weight excluding hydrogens is 226 g/mol. The highest BCUT2D eigenvalue weighted by Gasteiger charge is 2.11. The Hall–Kier alpha value is -1.35. The number of rotatable bonds is 5. The summed E-state index contributed by atoms with van der Waals surface area (Å²) in [4.78, 5) is 10.7. The molecule has 1 aromatic carbocycles. The van der Waals surface area contributed by atoms with E-state index >= 15 is 0 Å². The van der Waals surface area contributed by atoms with Crippen LogP contribution < -0.4 is 5.32 Å². The third-order valence-electron chi connectivity index (χ3n) is 3.65. The highest BCUT2D eigenvalue weighted by atomic mass is 16.4. The summed E-state index contributed by atoms with van der Waals surface area (Å²) in [5.41, 5.74) is 1.56. The van der Waals surface area contributed by atoms with Crippen LogP contribution >= 0.6 is 0 Å². The van der Waals surface area contributed by atoms with E-state index in [1.807, 2.05) is 12.1 Å². The van der Waals surface area contributed by atoms with Crippen LogP contribution in [-0.4, -0.2) is 23.7 Å². The van der Waals surface area contributed by atoms with Crippen molar-refractivity contribution in [3.05, 3.63) is 35.4 Å². The van der Waals surface area contributed by atoms with E-state index in [1.54, 1.807) is 12.1 Å². The van der Waals surface area contributed by atoms with Crippen molar-refractivity contribution in [3.63, 3.8) is 0 Å². The van der Waals surface area contributed by atoms with Gasteiger partial charge in [-0.3, -0.25) is 0 Å². The van der Waals surface area contributed by atoms with Crippen molar-refractivity contribution in [1.29, 1.82) is 0 Å². The molecule has 0 bridgehead atoms. The minimum atomic E-state index is -0.859. The van der Waals surface area contributed by atoms with Crippen LogP contribution in [0.1, 0.15) is 48.0 Å². The summed E-state index contributed by atoms with van der Waals surface area (Å²) in [5.74, 6) is -0.859. The summed E-state index contributed by atoms with van der Waals surface area (Å²) in [6.07, 6.45) is 7.66. The van der Waals surface area contributed by atoms with Gasteiger partial charge in [0.05, 0.1) is 5.56 Å². The molecule has 0 unspecified atom stereocenters. The molecule has 2 N–H and O–H groups in total. The third kappa shape index (κ3) is 3.84. The number of aromatic carboxylic acids is 1. The Labute approximate surface area is 108 Å². The first kappa shape index (κ1) is 13.1. The van der Waals surface area contributed by atoms with E-state index in [2.05, 4.69) is 5.32 Å². The standard InChI is InChI=1S/C15H21NO2/c17-15(18)13-8-6-12(7-9-13)10-11-16-14-4-2-1-3-5-14/h6-9,14,16H,1-5,10-11H2,(H,17,18). The Bertz CT molecular complexity index is 380. The molecule has 0 amide bonds. The highest BCUT2D eigenvalue weighted by Crippen LogP contribution is 2.17. The molecule has 3 nitrogen and oxygen atoms in total. The zero-order valence-electron chi connectivity index (χ0n) is 10.7. The van der Waals surface area contributed by atoms with E-state index < -0.39 is 5.97 Å². The van der Waals surface area contributed by atoms with Crippen LogP contribution in [0.2, 0.25) is 0 Å². The Balaban J connectivity index is 1.74. The Morgan fingerprint density at radius 1 is 1.17 bits per heavy atom. The molecule has 0 radical (unpaired) electrons. The molecule has 0 atom stereocenters. The summed E-state index contributed by atoms with van der Waals surface area (Å²) >= 11 is 0. The molecule has 1 fully saturated rings. The molecule has 1 aliphatic carbocycles. The number of carbonyl (C=O) groups is 1. The smallest absolute Gasteiger partial charge is 0.335 e. The van der Waals surface area contributed by atoms with Gasteiger partial charge in [-0.1, -0.05) is 31.4 Å². The first-order valence-corrected chi connectivity index (χ1v) is 6.81. The van der Waals surface area contributed by atoms with E-state index in [-0.39, 0.29) is 0 Å². The fourth-order valence-electron chi connectivity index (χ4n) is 2.54. The number of hydrogen-bond acceptors (Lipinski definition) is 2. The summed E-state index contributed by atoms with van der Waals surface area (Å²) < 4.78 is 0. The molecule has 18 heavy (non-hydrogen) atoms. The van der Waals surface area contributed by atoms with Crippen LogP contribution in [-0.2, 0) is 6.42 Å². The van der Waals surface area contributed by atoms with Crippen molar-refractivity contribution in [2.45, 2.75) is 44.6 Å². The SMILES string of the molecule is O=C(O)c1ccc(CCNC2CCCCC2)cc1. The summed E-state index contributed by atoms with van der Waals surface area (Å²) in [6, 6.07) is 7.87. The molecule has 0 saturated heterocycles. The number of carboxylic acids is 1. The molecule has 0 spiro atoms. The van der Waals surface area contributed by atoms with Crippen molar-refractivity contribution < 1.29 is 9.90 Å². The van der Waals surface area contributed by atoms with Crippen molar-refractivity contribution in [2.75, 3.05) is 6.54 Å². The molecule has 2 rings (SSSR count). The molecular formula is C15H21NO2. The summed E-state index contributed by atoms with van der Waals surface area (Å²) in [7, 11) is 0. The van der Waals surface area contributed by atoms with E-state index in [0.717, 1.165) is 13.0 Å². The van der Waals surface area contributed by atoms with Crippen molar-refractivity contribution in [3.8, 4) is 0 Å². The molecule has 0 heterocycles. The molecule has 98 valence electrons. The van der Waals surface area contributed by atoms with Crippen LogP contribution in [0.3, 0.4) is 0 Å². The first-order valence-electron chi connectivity index (χ1n) is 6.81. The zero-order valence-corrected chi connectivity index (χ0v) is 10.7. The van der Waals surface area contributed by atoms with Gasteiger partial charge in [-0.2, -0.15) is 0 Å². The predicted octanol–water partition coefficient (Wildman–Crippen LogP) is 2.85. The van der Waals surface area contributed by atoms with Gasteiger partial charge in [-0.25, -0.2) is 4.79 Å². The zero-order chi connectivity index (χ0) is 12.8. The maximum Gasteiger partial charge on any atom is 0.335 e. The number of hydrogen-bond donors (Lipinski definition) is 2. The normalized spacial score (nSPS) is 16.7. The van der Waals surface area contributed by atoms with Crippen LogP contribution in [0.4, 0.5) is 0 Å². The van der Waals surface area contributed by atoms with Gasteiger partial charge in [0.2, 0.25) is 0 Å². The quantitative estimate of drug-likeness (QED) is 0.841. The molecule has 1 saturated carbocycles. The summed E-state index contributed by atoms with van der Waals surface area (Å²) in [6.45, 7) is 0.983. The number of benzene rings is 1. The van der Waals surface area contributed by atoms with Gasteiger partial charge in [0.25, 0.3) is 0 Å². The lowest BCUT2D eigenvalue weighted by Crippen LogP contribution is -2.32. The van der Waals surface area contributed by atoms with Crippen LogP contribution in [0.15, 0.2) is 24.3 Å². The van der Waals surface area contributed by atoms with Crippen LogP contribution in [0.25, 0.3) is 0 Å². The van der Waals surface area contributed by atoms with E-state index in [0.29, 0.717) is 11.6 Å². The molecule has 1 aromatic rings. The van der Waals surface area contributed by atoms with Crippen molar-refractivity contribution in [2.24, 2.45) is 0 Å². The van der Waals surface area contributed by atoms with Crippen LogP contribution in [0.5, 0.6) is 0 Å². The average molecular weight is 247 g/mol. The largest absolute Gasteiger partial charge is 0.478 e. The Morgan fingerprint density at radius 3 is 2.44 bits per heavy atom. The average Bonchev–Trinajstić information content (AvgIpc) is 2.40. The monoisotopic (exact) mass is 247 g/mol. The second-order valence-electron chi connectivity index (χ2n) is 5.04. The van der Waals surface area contributed by atoms with E-state index in [9.17, 15) is 4.79 Å². The fraction of sp³-hybridized carbons (Fsp3) is 0.533. The number of carboxylic acid groups (broad SMARTS) is 1. The topological polar surface area (TPSA) is 49.3 Å². The predicted molar refractivity (Wildman–Crippen MR) is 72.0 cm³/mol. The Morgan fingerprint density at radius 2 is 1.83 bits per heavy atom. The minimum Gasteiger partial charge on any atom is -0.478 e. The summed E-state index contributed by atoms with van der Waals surface area (Å²) in [5, 5.41) is 12.4. The minimum absolute atomic E-state index is 0.360. The van der Waals surface area contributed by atoms with Gasteiger partial charge in [0.15, 0.2) is 0 Å². The van der Waals surface area contributed by atoms with Crippen molar-refractivity contribution in [1.82, 2.24) is 5.32 Å². The maximum absolute atomic E-state index is 10.7. The van der Waals surface area contributed by atoms with Gasteiger partial charge >= 0.3 is 5.97 Å². The third-order valence-corrected chi connectivity index (χ3v) is 3.65. The lowest BCUT2D eigenvalue weighted by Gasteiger charge is -2.22. The van der Waals surface area contributed by atoms with E-state index in [4.69, 9.17) is 5.11 Å². The second-order valence-corrected chi connectivity index (χ2v) is 5.04. The lowest BCUT2D eigenvalue weighted by molar-refractivity contribution is 0.0697. The van der Waals surface area contributed by atoms with Gasteiger partial charge in [0, 0.05) is 6.04 Å². The van der Waals surface area contributed by atoms with Crippen molar-refractivity contribution >= 4 is 5.97 Å². The fourth-order valence-corrected chi connectivity index (χ4v) is 2.54. The van der Waals surface area contributed by atoms with Gasteiger partial charge in [-0.15, -0.1) is 0 Å².